The maximum Gasteiger partial charge on any atom is 0.0473 e. The fraction of sp³-hybridized carbons (Fsp3) is 0.412. The molecule has 0 amide bonds. The molecule has 0 aliphatic carbocycles. The highest BCUT2D eigenvalue weighted by atomic mass is 32.1. The number of thiophene rings is 1. The van der Waals surface area contributed by atoms with Gasteiger partial charge in [0.2, 0.25) is 0 Å². The minimum Gasteiger partial charge on any atom is -0.313 e. The van der Waals surface area contributed by atoms with E-state index in [0.29, 0.717) is 12.1 Å². The van der Waals surface area contributed by atoms with Gasteiger partial charge >= 0.3 is 0 Å². The van der Waals surface area contributed by atoms with Crippen molar-refractivity contribution >= 4 is 11.3 Å². The van der Waals surface area contributed by atoms with E-state index in [2.05, 4.69) is 79.0 Å². The van der Waals surface area contributed by atoms with E-state index in [1.54, 1.807) is 0 Å². The largest absolute Gasteiger partial charge is 0.313 e. The second kappa shape index (κ2) is 7.58. The number of nitrogens with one attached hydrogen (secondary N) is 1. The molecule has 20 heavy (non-hydrogen) atoms. The molecule has 0 saturated carbocycles. The van der Waals surface area contributed by atoms with Gasteiger partial charge in [0.25, 0.3) is 0 Å². The first-order valence-corrected chi connectivity index (χ1v) is 8.05. The van der Waals surface area contributed by atoms with Gasteiger partial charge in [0.1, 0.15) is 0 Å². The zero-order valence-electron chi connectivity index (χ0n) is 12.5. The van der Waals surface area contributed by atoms with Crippen LogP contribution in [-0.4, -0.2) is 24.5 Å². The molecule has 3 heteroatoms. The third-order valence-corrected chi connectivity index (χ3v) is 4.28. The van der Waals surface area contributed by atoms with Crippen molar-refractivity contribution in [1.29, 1.82) is 0 Å². The summed E-state index contributed by atoms with van der Waals surface area (Å²) in [6.07, 6.45) is 0. The molecule has 0 aliphatic rings. The monoisotopic (exact) mass is 288 g/mol. The Kier molecular flexibility index (Phi) is 5.77. The van der Waals surface area contributed by atoms with Gasteiger partial charge in [-0.15, -0.1) is 11.3 Å². The van der Waals surface area contributed by atoms with Crippen LogP contribution in [0.5, 0.6) is 0 Å². The lowest BCUT2D eigenvalue weighted by Gasteiger charge is -2.29. The van der Waals surface area contributed by atoms with E-state index in [1.807, 2.05) is 11.3 Å². The van der Waals surface area contributed by atoms with E-state index in [4.69, 9.17) is 0 Å². The molecule has 0 bridgehead atoms. The molecule has 1 aromatic carbocycles. The van der Waals surface area contributed by atoms with Crippen LogP contribution in [0.4, 0.5) is 0 Å². The number of hydrogen-bond acceptors (Lipinski definition) is 3. The van der Waals surface area contributed by atoms with Crippen molar-refractivity contribution < 1.29 is 0 Å². The quantitative estimate of drug-likeness (QED) is 0.830. The van der Waals surface area contributed by atoms with Crippen LogP contribution in [-0.2, 0) is 6.54 Å². The molecule has 1 unspecified atom stereocenters. The predicted molar refractivity (Wildman–Crippen MR) is 88.1 cm³/mol. The molecule has 0 aliphatic heterocycles. The van der Waals surface area contributed by atoms with E-state index in [1.165, 1.54) is 10.4 Å². The minimum atomic E-state index is 0.403. The van der Waals surface area contributed by atoms with Crippen molar-refractivity contribution in [2.75, 3.05) is 13.6 Å². The molecular formula is C17H24N2S. The third kappa shape index (κ3) is 4.44. The van der Waals surface area contributed by atoms with Crippen LogP contribution < -0.4 is 5.32 Å². The predicted octanol–water partition coefficient (Wildman–Crippen LogP) is 3.92. The van der Waals surface area contributed by atoms with Gasteiger partial charge in [0, 0.05) is 30.1 Å². The van der Waals surface area contributed by atoms with Crippen molar-refractivity contribution in [2.24, 2.45) is 0 Å². The standard InChI is InChI=1S/C17H24N2S/c1-14(2)18-12-17(15-8-5-4-6-9-15)19(3)13-16-10-7-11-20-16/h4-11,14,17-18H,12-13H2,1-3H3. The highest BCUT2D eigenvalue weighted by Crippen LogP contribution is 2.22. The molecule has 1 N–H and O–H groups in total. The topological polar surface area (TPSA) is 15.3 Å². The fourth-order valence-electron chi connectivity index (χ4n) is 2.31. The average molecular weight is 288 g/mol. The maximum atomic E-state index is 3.57. The third-order valence-electron chi connectivity index (χ3n) is 3.42. The number of hydrogen-bond donors (Lipinski definition) is 1. The molecule has 108 valence electrons. The highest BCUT2D eigenvalue weighted by molar-refractivity contribution is 7.09. The van der Waals surface area contributed by atoms with Gasteiger partial charge < -0.3 is 5.32 Å². The van der Waals surface area contributed by atoms with Crippen molar-refractivity contribution in [1.82, 2.24) is 10.2 Å². The van der Waals surface area contributed by atoms with E-state index >= 15 is 0 Å². The molecule has 1 atom stereocenters. The molecule has 2 aromatic rings. The van der Waals surface area contributed by atoms with Crippen LogP contribution in [0.1, 0.15) is 30.3 Å². The number of likely N-dealkylation sites (N-methyl/N-ethyl adjacent to an activating group) is 1. The first-order valence-electron chi connectivity index (χ1n) is 7.17. The fourth-order valence-corrected chi connectivity index (χ4v) is 3.08. The molecule has 2 nitrogen and oxygen atoms in total. The minimum absolute atomic E-state index is 0.403. The second-order valence-electron chi connectivity index (χ2n) is 5.48. The molecule has 0 fully saturated rings. The lowest BCUT2D eigenvalue weighted by Crippen LogP contribution is -2.35. The van der Waals surface area contributed by atoms with Gasteiger partial charge in [-0.3, -0.25) is 4.90 Å². The average Bonchev–Trinajstić information content (AvgIpc) is 2.92. The van der Waals surface area contributed by atoms with Gasteiger partial charge in [-0.2, -0.15) is 0 Å². The Morgan fingerprint density at radius 1 is 1.10 bits per heavy atom. The van der Waals surface area contributed by atoms with Gasteiger partial charge in [-0.05, 0) is 24.1 Å². The first-order chi connectivity index (χ1) is 9.66. The highest BCUT2D eigenvalue weighted by Gasteiger charge is 2.17. The van der Waals surface area contributed by atoms with Crippen molar-refractivity contribution in [3.05, 3.63) is 58.3 Å². The van der Waals surface area contributed by atoms with Gasteiger partial charge in [0.05, 0.1) is 0 Å². The van der Waals surface area contributed by atoms with Crippen LogP contribution >= 0.6 is 11.3 Å². The smallest absolute Gasteiger partial charge is 0.0473 e. The Balaban J connectivity index is 2.08. The SMILES string of the molecule is CC(C)NCC(c1ccccc1)N(C)Cc1cccs1. The lowest BCUT2D eigenvalue weighted by atomic mass is 10.1. The molecule has 1 heterocycles. The Morgan fingerprint density at radius 3 is 2.45 bits per heavy atom. The molecule has 0 saturated heterocycles. The van der Waals surface area contributed by atoms with Crippen LogP contribution in [0.25, 0.3) is 0 Å². The van der Waals surface area contributed by atoms with E-state index in [9.17, 15) is 0 Å². The zero-order valence-corrected chi connectivity index (χ0v) is 13.4. The molecule has 2 rings (SSSR count). The van der Waals surface area contributed by atoms with E-state index in [-0.39, 0.29) is 0 Å². The van der Waals surface area contributed by atoms with Crippen molar-refractivity contribution in [3.63, 3.8) is 0 Å². The Hall–Kier alpha value is -1.16. The first kappa shape index (κ1) is 15.2. The van der Waals surface area contributed by atoms with Crippen LogP contribution in [0.3, 0.4) is 0 Å². The van der Waals surface area contributed by atoms with Crippen molar-refractivity contribution in [2.45, 2.75) is 32.5 Å². The zero-order chi connectivity index (χ0) is 14.4. The number of nitrogens with zero attached hydrogens (tertiary/aromatic N) is 1. The summed E-state index contributed by atoms with van der Waals surface area (Å²) in [5.74, 6) is 0. The van der Waals surface area contributed by atoms with Crippen LogP contribution in [0, 0.1) is 0 Å². The summed E-state index contributed by atoms with van der Waals surface area (Å²) in [7, 11) is 2.21. The summed E-state index contributed by atoms with van der Waals surface area (Å²) in [6, 6.07) is 16.0. The molecular weight excluding hydrogens is 264 g/mol. The van der Waals surface area contributed by atoms with E-state index < -0.39 is 0 Å². The number of rotatable bonds is 7. The van der Waals surface area contributed by atoms with E-state index in [0.717, 1.165) is 13.1 Å². The summed E-state index contributed by atoms with van der Waals surface area (Å²) in [5.41, 5.74) is 1.37. The molecule has 0 radical (unpaired) electrons. The molecule has 0 spiro atoms. The normalized spacial score (nSPS) is 13.1. The summed E-state index contributed by atoms with van der Waals surface area (Å²) in [5, 5.41) is 5.71. The summed E-state index contributed by atoms with van der Waals surface area (Å²) in [4.78, 5) is 3.84. The van der Waals surface area contributed by atoms with Crippen LogP contribution in [0.15, 0.2) is 47.8 Å². The van der Waals surface area contributed by atoms with Gasteiger partial charge in [0.15, 0.2) is 0 Å². The summed E-state index contributed by atoms with van der Waals surface area (Å²) < 4.78 is 0. The molecule has 1 aromatic heterocycles. The summed E-state index contributed by atoms with van der Waals surface area (Å²) >= 11 is 1.83. The lowest BCUT2D eigenvalue weighted by molar-refractivity contribution is 0.228. The second-order valence-corrected chi connectivity index (χ2v) is 6.52. The van der Waals surface area contributed by atoms with Crippen LogP contribution in [0.2, 0.25) is 0 Å². The van der Waals surface area contributed by atoms with Crippen molar-refractivity contribution in [3.8, 4) is 0 Å². The van der Waals surface area contributed by atoms with Gasteiger partial charge in [-0.25, -0.2) is 0 Å². The van der Waals surface area contributed by atoms with Gasteiger partial charge in [-0.1, -0.05) is 50.2 Å². The Bertz CT molecular complexity index is 479. The Labute approximate surface area is 126 Å². The summed E-state index contributed by atoms with van der Waals surface area (Å²) in [6.45, 7) is 6.36. The number of benzene rings is 1. The maximum absolute atomic E-state index is 3.57. The Morgan fingerprint density at radius 2 is 1.85 bits per heavy atom.